The second-order valence-electron chi connectivity index (χ2n) is 7.88. The highest BCUT2D eigenvalue weighted by Gasteiger charge is 2.32. The summed E-state index contributed by atoms with van der Waals surface area (Å²) in [5, 5.41) is 2.15. The number of nitrogens with zero attached hydrogens (tertiary/aromatic N) is 2. The van der Waals surface area contributed by atoms with Crippen LogP contribution in [0.15, 0.2) is 66.7 Å². The molecular weight excluding hydrogens is 417 g/mol. The molecule has 4 nitrogen and oxygen atoms in total. The molecule has 1 saturated heterocycles. The molecule has 1 atom stereocenters. The first kappa shape index (κ1) is 22.0. The Kier molecular flexibility index (Phi) is 6.26. The minimum absolute atomic E-state index is 0.0932. The number of alkyl halides is 3. The molecule has 3 aromatic carbocycles. The topological polar surface area (TPSA) is 32.8 Å². The summed E-state index contributed by atoms with van der Waals surface area (Å²) in [7, 11) is 0. The molecule has 0 unspecified atom stereocenters. The van der Waals surface area contributed by atoms with Crippen LogP contribution in [0.3, 0.4) is 0 Å². The van der Waals surface area contributed by atoms with Gasteiger partial charge in [0.1, 0.15) is 5.75 Å². The zero-order valence-corrected chi connectivity index (χ0v) is 17.8. The van der Waals surface area contributed by atoms with Crippen LogP contribution < -0.4 is 9.64 Å². The number of carbonyl (C=O) groups is 1. The van der Waals surface area contributed by atoms with Gasteiger partial charge in [-0.1, -0.05) is 43.3 Å². The van der Waals surface area contributed by atoms with Gasteiger partial charge in [-0.2, -0.15) is 13.2 Å². The van der Waals surface area contributed by atoms with Crippen LogP contribution in [0.1, 0.15) is 18.9 Å². The molecule has 0 aromatic heterocycles. The third kappa shape index (κ3) is 4.82. The fourth-order valence-electron chi connectivity index (χ4n) is 3.98. The minimum atomic E-state index is -4.37. The first-order valence-corrected chi connectivity index (χ1v) is 10.7. The lowest BCUT2D eigenvalue weighted by atomic mass is 10.1. The molecule has 0 radical (unpaired) electrons. The van der Waals surface area contributed by atoms with Crippen molar-refractivity contribution in [2.24, 2.45) is 0 Å². The molecule has 1 amide bonds. The van der Waals surface area contributed by atoms with Crippen molar-refractivity contribution >= 4 is 22.4 Å². The molecule has 7 heteroatoms. The molecule has 1 aliphatic rings. The average Bonchev–Trinajstić information content (AvgIpc) is 2.81. The van der Waals surface area contributed by atoms with Gasteiger partial charge in [0.05, 0.1) is 5.56 Å². The number of hydrogen-bond acceptors (Lipinski definition) is 3. The van der Waals surface area contributed by atoms with Crippen molar-refractivity contribution in [3.05, 3.63) is 72.3 Å². The van der Waals surface area contributed by atoms with Gasteiger partial charge in [0.2, 0.25) is 0 Å². The van der Waals surface area contributed by atoms with Crippen molar-refractivity contribution in [3.63, 3.8) is 0 Å². The Labute approximate surface area is 185 Å². The van der Waals surface area contributed by atoms with Crippen molar-refractivity contribution in [3.8, 4) is 5.75 Å². The maximum atomic E-state index is 13.1. The summed E-state index contributed by atoms with van der Waals surface area (Å²) in [5.74, 6) is 0.552. The quantitative estimate of drug-likeness (QED) is 0.533. The standard InChI is InChI=1S/C25H25F3N2O2/c1-2-23(32-22-11-10-18-6-3-4-7-19(18)16-22)24(31)30-14-12-29(13-15-30)21-9-5-8-20(17-21)25(26,27)28/h3-11,16-17,23H,2,12-15H2,1H3/t23-/m1/s1. The molecule has 32 heavy (non-hydrogen) atoms. The van der Waals surface area contributed by atoms with E-state index < -0.39 is 17.8 Å². The highest BCUT2D eigenvalue weighted by Crippen LogP contribution is 2.32. The van der Waals surface area contributed by atoms with E-state index in [9.17, 15) is 18.0 Å². The third-order valence-electron chi connectivity index (χ3n) is 5.78. The largest absolute Gasteiger partial charge is 0.481 e. The summed E-state index contributed by atoms with van der Waals surface area (Å²) in [6.45, 7) is 3.72. The molecule has 0 N–H and O–H groups in total. The summed E-state index contributed by atoms with van der Waals surface area (Å²) in [5.41, 5.74) is -0.144. The Morgan fingerprint density at radius 1 is 0.938 bits per heavy atom. The Hall–Kier alpha value is -3.22. The number of anilines is 1. The van der Waals surface area contributed by atoms with E-state index in [1.165, 1.54) is 6.07 Å². The molecule has 3 aromatic rings. The second kappa shape index (κ2) is 9.10. The maximum Gasteiger partial charge on any atom is 0.416 e. The fraction of sp³-hybridized carbons (Fsp3) is 0.320. The first-order valence-electron chi connectivity index (χ1n) is 10.7. The third-order valence-corrected chi connectivity index (χ3v) is 5.78. The number of piperazine rings is 1. The molecule has 0 spiro atoms. The van der Waals surface area contributed by atoms with Crippen LogP contribution in [0, 0.1) is 0 Å². The lowest BCUT2D eigenvalue weighted by molar-refractivity contribution is -0.139. The maximum absolute atomic E-state index is 13.1. The molecular formula is C25H25F3N2O2. The molecule has 1 fully saturated rings. The van der Waals surface area contributed by atoms with E-state index in [2.05, 4.69) is 0 Å². The number of fused-ring (bicyclic) bond motifs is 1. The number of benzene rings is 3. The van der Waals surface area contributed by atoms with Crippen LogP contribution in [0.4, 0.5) is 18.9 Å². The Bertz CT molecular complexity index is 1090. The molecule has 0 bridgehead atoms. The van der Waals surface area contributed by atoms with Gasteiger partial charge in [0.15, 0.2) is 6.10 Å². The highest BCUT2D eigenvalue weighted by atomic mass is 19.4. The average molecular weight is 442 g/mol. The van der Waals surface area contributed by atoms with Crippen molar-refractivity contribution in [1.82, 2.24) is 4.90 Å². The fourth-order valence-corrected chi connectivity index (χ4v) is 3.98. The molecule has 168 valence electrons. The number of halogens is 3. The Morgan fingerprint density at radius 3 is 2.34 bits per heavy atom. The second-order valence-corrected chi connectivity index (χ2v) is 7.88. The lowest BCUT2D eigenvalue weighted by Gasteiger charge is -2.37. The van der Waals surface area contributed by atoms with Crippen LogP contribution in [0.2, 0.25) is 0 Å². The lowest BCUT2D eigenvalue weighted by Crippen LogP contribution is -2.52. The number of rotatable bonds is 5. The normalized spacial score (nSPS) is 15.6. The molecule has 1 heterocycles. The van der Waals surface area contributed by atoms with Gasteiger partial charge in [-0.3, -0.25) is 4.79 Å². The van der Waals surface area contributed by atoms with E-state index in [4.69, 9.17) is 4.74 Å². The van der Waals surface area contributed by atoms with Crippen LogP contribution in [-0.4, -0.2) is 43.1 Å². The summed E-state index contributed by atoms with van der Waals surface area (Å²) >= 11 is 0. The highest BCUT2D eigenvalue weighted by molar-refractivity contribution is 5.84. The van der Waals surface area contributed by atoms with Crippen molar-refractivity contribution in [1.29, 1.82) is 0 Å². The molecule has 0 aliphatic carbocycles. The van der Waals surface area contributed by atoms with Gasteiger partial charge in [0.25, 0.3) is 5.91 Å². The number of ether oxygens (including phenoxy) is 1. The predicted octanol–water partition coefficient (Wildman–Crippen LogP) is 5.36. The van der Waals surface area contributed by atoms with E-state index in [0.717, 1.165) is 22.9 Å². The molecule has 1 aliphatic heterocycles. The minimum Gasteiger partial charge on any atom is -0.481 e. The van der Waals surface area contributed by atoms with Gasteiger partial charge >= 0.3 is 6.18 Å². The number of amides is 1. The number of carbonyl (C=O) groups excluding carboxylic acids is 1. The van der Waals surface area contributed by atoms with Crippen molar-refractivity contribution < 1.29 is 22.7 Å². The SMILES string of the molecule is CC[C@@H](Oc1ccc2ccccc2c1)C(=O)N1CCN(c2cccc(C(F)(F)F)c2)CC1. The van der Waals surface area contributed by atoms with Crippen LogP contribution in [-0.2, 0) is 11.0 Å². The van der Waals surface area contributed by atoms with Gasteiger partial charge in [-0.25, -0.2) is 0 Å². The zero-order chi connectivity index (χ0) is 22.7. The molecule has 4 rings (SSSR count). The summed E-state index contributed by atoms with van der Waals surface area (Å²) in [6.07, 6.45) is -4.45. The van der Waals surface area contributed by atoms with Gasteiger partial charge in [0, 0.05) is 31.9 Å². The first-order chi connectivity index (χ1) is 15.3. The number of hydrogen-bond donors (Lipinski definition) is 0. The van der Waals surface area contributed by atoms with Crippen LogP contribution >= 0.6 is 0 Å². The van der Waals surface area contributed by atoms with Crippen molar-refractivity contribution in [2.75, 3.05) is 31.1 Å². The van der Waals surface area contributed by atoms with E-state index in [-0.39, 0.29) is 5.91 Å². The van der Waals surface area contributed by atoms with Crippen LogP contribution in [0.25, 0.3) is 10.8 Å². The Morgan fingerprint density at radius 2 is 1.66 bits per heavy atom. The summed E-state index contributed by atoms with van der Waals surface area (Å²) < 4.78 is 45.1. The van der Waals surface area contributed by atoms with E-state index in [1.54, 1.807) is 11.0 Å². The van der Waals surface area contributed by atoms with E-state index in [0.29, 0.717) is 44.0 Å². The summed E-state index contributed by atoms with van der Waals surface area (Å²) in [4.78, 5) is 16.7. The van der Waals surface area contributed by atoms with Gasteiger partial charge in [-0.05, 0) is 47.5 Å². The van der Waals surface area contributed by atoms with Crippen LogP contribution in [0.5, 0.6) is 5.75 Å². The summed E-state index contributed by atoms with van der Waals surface area (Å²) in [6, 6.07) is 19.0. The molecule has 0 saturated carbocycles. The smallest absolute Gasteiger partial charge is 0.416 e. The predicted molar refractivity (Wildman–Crippen MR) is 119 cm³/mol. The van der Waals surface area contributed by atoms with Gasteiger partial charge in [-0.15, -0.1) is 0 Å². The monoisotopic (exact) mass is 442 g/mol. The zero-order valence-electron chi connectivity index (χ0n) is 17.8. The van der Waals surface area contributed by atoms with E-state index >= 15 is 0 Å². The van der Waals surface area contributed by atoms with Gasteiger partial charge < -0.3 is 14.5 Å². The van der Waals surface area contributed by atoms with E-state index in [1.807, 2.05) is 54.3 Å². The van der Waals surface area contributed by atoms with Crippen molar-refractivity contribution in [2.45, 2.75) is 25.6 Å². The Balaban J connectivity index is 1.39.